The number of primary amides is 1. The minimum absolute atomic E-state index is 0.227. The van der Waals surface area contributed by atoms with Crippen molar-refractivity contribution in [3.8, 4) is 0 Å². The third-order valence-electron chi connectivity index (χ3n) is 2.88. The van der Waals surface area contributed by atoms with Gasteiger partial charge >= 0.3 is 0 Å². The molecule has 1 aromatic carbocycles. The van der Waals surface area contributed by atoms with E-state index in [0.717, 1.165) is 19.4 Å². The van der Waals surface area contributed by atoms with Crippen molar-refractivity contribution in [2.24, 2.45) is 5.73 Å². The van der Waals surface area contributed by atoms with Crippen LogP contribution in [0.4, 0.5) is 0 Å². The molecule has 0 radical (unpaired) electrons. The van der Waals surface area contributed by atoms with Crippen molar-refractivity contribution < 1.29 is 4.79 Å². The fourth-order valence-corrected chi connectivity index (χ4v) is 1.84. The third-order valence-corrected chi connectivity index (χ3v) is 2.88. The normalized spacial score (nSPS) is 12.4. The summed E-state index contributed by atoms with van der Waals surface area (Å²) in [5.41, 5.74) is 7.68. The summed E-state index contributed by atoms with van der Waals surface area (Å²) in [4.78, 5) is 10.6. The molecule has 0 heterocycles. The molecule has 0 aliphatic carbocycles. The van der Waals surface area contributed by atoms with Crippen LogP contribution in [0.3, 0.4) is 0 Å². The van der Waals surface area contributed by atoms with Gasteiger partial charge in [0.25, 0.3) is 0 Å². The fraction of sp³-hybridized carbons (Fsp3) is 0.500. The number of amides is 1. The van der Waals surface area contributed by atoms with Gasteiger partial charge in [-0.25, -0.2) is 0 Å². The minimum atomic E-state index is -0.227. The van der Waals surface area contributed by atoms with E-state index >= 15 is 0 Å². The SMILES string of the molecule is CCC(NCCCC(N)=O)c1ccc(C)cc1. The number of benzene rings is 1. The second-order valence-electron chi connectivity index (χ2n) is 4.40. The summed E-state index contributed by atoms with van der Waals surface area (Å²) < 4.78 is 0. The van der Waals surface area contributed by atoms with E-state index in [1.54, 1.807) is 0 Å². The Bertz CT molecular complexity index is 346. The first-order valence-corrected chi connectivity index (χ1v) is 6.21. The zero-order valence-corrected chi connectivity index (χ0v) is 10.7. The largest absolute Gasteiger partial charge is 0.370 e. The molecule has 0 saturated heterocycles. The van der Waals surface area contributed by atoms with E-state index in [9.17, 15) is 4.79 Å². The maximum absolute atomic E-state index is 10.6. The van der Waals surface area contributed by atoms with Gasteiger partial charge in [-0.1, -0.05) is 36.8 Å². The van der Waals surface area contributed by atoms with Crippen LogP contribution in [0, 0.1) is 6.92 Å². The molecule has 94 valence electrons. The monoisotopic (exact) mass is 234 g/mol. The molecule has 0 bridgehead atoms. The molecule has 3 N–H and O–H groups in total. The number of hydrogen-bond acceptors (Lipinski definition) is 2. The third kappa shape index (κ3) is 5.00. The van der Waals surface area contributed by atoms with Gasteiger partial charge in [-0.05, 0) is 31.9 Å². The zero-order chi connectivity index (χ0) is 12.7. The topological polar surface area (TPSA) is 55.1 Å². The highest BCUT2D eigenvalue weighted by atomic mass is 16.1. The van der Waals surface area contributed by atoms with Gasteiger partial charge in [-0.3, -0.25) is 4.79 Å². The molecule has 1 amide bonds. The van der Waals surface area contributed by atoms with Crippen LogP contribution >= 0.6 is 0 Å². The molecule has 0 aromatic heterocycles. The van der Waals surface area contributed by atoms with Crippen LogP contribution in [0.15, 0.2) is 24.3 Å². The molecule has 0 spiro atoms. The molecule has 0 saturated carbocycles. The van der Waals surface area contributed by atoms with Gasteiger partial charge in [0.05, 0.1) is 0 Å². The number of nitrogens with one attached hydrogen (secondary N) is 1. The van der Waals surface area contributed by atoms with Gasteiger partial charge in [-0.2, -0.15) is 0 Å². The second kappa shape index (κ2) is 7.07. The maximum Gasteiger partial charge on any atom is 0.217 e. The van der Waals surface area contributed by atoms with Crippen molar-refractivity contribution in [3.63, 3.8) is 0 Å². The van der Waals surface area contributed by atoms with Crippen molar-refractivity contribution in [1.29, 1.82) is 0 Å². The van der Waals surface area contributed by atoms with E-state index < -0.39 is 0 Å². The maximum atomic E-state index is 10.6. The molecule has 17 heavy (non-hydrogen) atoms. The molecule has 0 aliphatic heterocycles. The molecule has 1 aromatic rings. The lowest BCUT2D eigenvalue weighted by molar-refractivity contribution is -0.118. The molecule has 0 aliphatic rings. The minimum Gasteiger partial charge on any atom is -0.370 e. The molecular weight excluding hydrogens is 212 g/mol. The van der Waals surface area contributed by atoms with E-state index in [1.807, 2.05) is 0 Å². The van der Waals surface area contributed by atoms with E-state index in [0.29, 0.717) is 12.5 Å². The Balaban J connectivity index is 2.43. The first kappa shape index (κ1) is 13.7. The highest BCUT2D eigenvalue weighted by molar-refractivity contribution is 5.73. The van der Waals surface area contributed by atoms with Gasteiger partial charge in [0.2, 0.25) is 5.91 Å². The zero-order valence-electron chi connectivity index (χ0n) is 10.7. The van der Waals surface area contributed by atoms with Crippen LogP contribution in [0.2, 0.25) is 0 Å². The van der Waals surface area contributed by atoms with Crippen molar-refractivity contribution in [2.75, 3.05) is 6.54 Å². The van der Waals surface area contributed by atoms with Crippen molar-refractivity contribution >= 4 is 5.91 Å². The summed E-state index contributed by atoms with van der Waals surface area (Å²) in [6, 6.07) is 8.94. The average Bonchev–Trinajstić information content (AvgIpc) is 2.30. The molecule has 3 nitrogen and oxygen atoms in total. The van der Waals surface area contributed by atoms with Crippen LogP contribution in [0.1, 0.15) is 43.4 Å². The summed E-state index contributed by atoms with van der Waals surface area (Å²) >= 11 is 0. The number of rotatable bonds is 7. The Hall–Kier alpha value is -1.35. The number of carbonyl (C=O) groups is 1. The highest BCUT2D eigenvalue weighted by Crippen LogP contribution is 2.16. The first-order chi connectivity index (χ1) is 8.13. The van der Waals surface area contributed by atoms with Crippen molar-refractivity contribution in [2.45, 2.75) is 39.2 Å². The Kier molecular flexibility index (Phi) is 5.70. The predicted octanol–water partition coefficient (Wildman–Crippen LogP) is 2.30. The summed E-state index contributed by atoms with van der Waals surface area (Å²) in [7, 11) is 0. The quantitative estimate of drug-likeness (QED) is 0.711. The van der Waals surface area contributed by atoms with E-state index in [2.05, 4.69) is 43.4 Å². The number of nitrogens with two attached hydrogens (primary N) is 1. The van der Waals surface area contributed by atoms with E-state index in [-0.39, 0.29) is 5.91 Å². The Morgan fingerprint density at radius 3 is 2.53 bits per heavy atom. The first-order valence-electron chi connectivity index (χ1n) is 6.21. The van der Waals surface area contributed by atoms with Gasteiger partial charge in [0.1, 0.15) is 0 Å². The summed E-state index contributed by atoms with van der Waals surface area (Å²) in [6.07, 6.45) is 2.30. The van der Waals surface area contributed by atoms with Gasteiger partial charge in [-0.15, -0.1) is 0 Å². The van der Waals surface area contributed by atoms with Gasteiger partial charge in [0.15, 0.2) is 0 Å². The number of aryl methyl sites for hydroxylation is 1. The molecule has 0 fully saturated rings. The van der Waals surface area contributed by atoms with Gasteiger partial charge < -0.3 is 11.1 Å². The highest BCUT2D eigenvalue weighted by Gasteiger charge is 2.07. The summed E-state index contributed by atoms with van der Waals surface area (Å²) in [5, 5.41) is 3.45. The Labute approximate surface area is 103 Å². The summed E-state index contributed by atoms with van der Waals surface area (Å²) in [5.74, 6) is -0.227. The van der Waals surface area contributed by atoms with Crippen molar-refractivity contribution in [3.05, 3.63) is 35.4 Å². The number of hydrogen-bond donors (Lipinski definition) is 2. The molecule has 1 unspecified atom stereocenters. The van der Waals surface area contributed by atoms with E-state index in [1.165, 1.54) is 11.1 Å². The average molecular weight is 234 g/mol. The molecule has 1 atom stereocenters. The van der Waals surface area contributed by atoms with Crippen molar-refractivity contribution in [1.82, 2.24) is 5.32 Å². The lowest BCUT2D eigenvalue weighted by Gasteiger charge is -2.17. The smallest absolute Gasteiger partial charge is 0.217 e. The lowest BCUT2D eigenvalue weighted by atomic mass is 10.0. The van der Waals surface area contributed by atoms with Crippen LogP contribution < -0.4 is 11.1 Å². The van der Waals surface area contributed by atoms with E-state index in [4.69, 9.17) is 5.73 Å². The predicted molar refractivity (Wildman–Crippen MR) is 70.6 cm³/mol. The van der Waals surface area contributed by atoms with Crippen LogP contribution in [-0.4, -0.2) is 12.5 Å². The Morgan fingerprint density at radius 1 is 1.35 bits per heavy atom. The Morgan fingerprint density at radius 2 is 2.00 bits per heavy atom. The summed E-state index contributed by atoms with van der Waals surface area (Å²) in [6.45, 7) is 5.08. The van der Waals surface area contributed by atoms with Crippen LogP contribution in [0.25, 0.3) is 0 Å². The van der Waals surface area contributed by atoms with Crippen LogP contribution in [-0.2, 0) is 4.79 Å². The van der Waals surface area contributed by atoms with Gasteiger partial charge in [0, 0.05) is 12.5 Å². The standard InChI is InChI=1S/C14H22N2O/c1-3-13(16-10-4-5-14(15)17)12-8-6-11(2)7-9-12/h6-9,13,16H,3-5,10H2,1-2H3,(H2,15,17). The van der Waals surface area contributed by atoms with Crippen LogP contribution in [0.5, 0.6) is 0 Å². The fourth-order valence-electron chi connectivity index (χ4n) is 1.84. The lowest BCUT2D eigenvalue weighted by Crippen LogP contribution is -2.23. The molecular formula is C14H22N2O. The molecule has 1 rings (SSSR count). The second-order valence-corrected chi connectivity index (χ2v) is 4.40. The number of carbonyl (C=O) groups excluding carboxylic acids is 1. The molecule has 3 heteroatoms.